The van der Waals surface area contributed by atoms with Crippen LogP contribution in [0.1, 0.15) is 31.5 Å². The van der Waals surface area contributed by atoms with Crippen LogP contribution < -0.4 is 10.6 Å². The lowest BCUT2D eigenvalue weighted by Crippen LogP contribution is -2.22. The van der Waals surface area contributed by atoms with E-state index in [2.05, 4.69) is 10.2 Å². The fourth-order valence-electron chi connectivity index (χ4n) is 3.47. The fraction of sp³-hybridized carbons (Fsp3) is 0.174. The third-order valence-corrected chi connectivity index (χ3v) is 5.14. The van der Waals surface area contributed by atoms with Crippen molar-refractivity contribution in [3.8, 4) is 17.2 Å². The number of aryl methyl sites for hydroxylation is 1. The Morgan fingerprint density at radius 2 is 1.48 bits per heavy atom. The maximum atomic E-state index is 13.1. The molecule has 0 atom stereocenters. The molecule has 31 heavy (non-hydrogen) atoms. The Morgan fingerprint density at radius 3 is 2.03 bits per heavy atom. The number of anilines is 1. The molecular weight excluding hydrogens is 396 g/mol. The molecule has 0 saturated heterocycles. The Labute approximate surface area is 178 Å². The lowest BCUT2D eigenvalue weighted by atomic mass is 10.0. The van der Waals surface area contributed by atoms with Gasteiger partial charge in [0, 0.05) is 5.69 Å². The monoisotopic (exact) mass is 418 g/mol. The molecule has 158 valence electrons. The van der Waals surface area contributed by atoms with Gasteiger partial charge in [0.1, 0.15) is 11.5 Å². The molecule has 1 amide bonds. The second kappa shape index (κ2) is 7.98. The van der Waals surface area contributed by atoms with Gasteiger partial charge in [-0.3, -0.25) is 14.7 Å². The number of carbonyl (C=O) groups is 1. The third kappa shape index (κ3) is 3.63. The van der Waals surface area contributed by atoms with Crippen LogP contribution in [0.4, 0.5) is 5.69 Å². The molecule has 8 nitrogen and oxygen atoms in total. The lowest BCUT2D eigenvalue weighted by Gasteiger charge is -2.11. The number of benzene rings is 2. The zero-order valence-corrected chi connectivity index (χ0v) is 17.2. The van der Waals surface area contributed by atoms with Crippen molar-refractivity contribution in [1.29, 1.82) is 0 Å². The number of nitrogens with one attached hydrogen (secondary N) is 1. The number of hydrogen-bond donors (Lipinski definition) is 3. The number of aromatic hydroxyl groups is 2. The Bertz CT molecular complexity index is 1250. The Hall–Kier alpha value is -4.07. The molecule has 0 unspecified atom stereocenters. The Kier molecular flexibility index (Phi) is 5.21. The molecule has 8 heteroatoms. The van der Waals surface area contributed by atoms with Crippen LogP contribution in [0.5, 0.6) is 11.5 Å². The Balaban J connectivity index is 1.78. The summed E-state index contributed by atoms with van der Waals surface area (Å²) in [6.07, 6.45) is 2.68. The van der Waals surface area contributed by atoms with Crippen LogP contribution in [-0.4, -0.2) is 31.6 Å². The lowest BCUT2D eigenvalue weighted by molar-refractivity contribution is -0.114. The van der Waals surface area contributed by atoms with Crippen LogP contribution in [0.15, 0.2) is 64.0 Å². The van der Waals surface area contributed by atoms with Gasteiger partial charge >= 0.3 is 0 Å². The first-order valence-electron chi connectivity index (χ1n) is 9.99. The van der Waals surface area contributed by atoms with Gasteiger partial charge in [0.15, 0.2) is 0 Å². The number of phenolic OH excluding ortho intramolecular Hbond substituents is 2. The minimum Gasteiger partial charge on any atom is -0.508 e. The van der Waals surface area contributed by atoms with Gasteiger partial charge in [-0.25, -0.2) is 4.68 Å². The number of phenols is 2. The molecule has 4 rings (SSSR count). The Morgan fingerprint density at radius 1 is 0.903 bits per heavy atom. The number of hydrazone groups is 1. The average Bonchev–Trinajstić information content (AvgIpc) is 3.26. The van der Waals surface area contributed by atoms with Crippen LogP contribution in [-0.2, 0) is 11.2 Å². The molecular formula is C23H22N4O4. The van der Waals surface area contributed by atoms with E-state index in [0.717, 1.165) is 0 Å². The highest BCUT2D eigenvalue weighted by atomic mass is 16.3. The number of H-pyrrole nitrogens is 1. The standard InChI is InChI=1S/C23H22N4O4/c1-3-20-18(22(30)26(24-20)14-5-9-16(28)10-6-14)13-19-21(4-2)25-27(23(19)31)15-7-11-17(29)12-8-15/h5-13,24,28-29H,3-4H2,1-2H3. The second-order valence-electron chi connectivity index (χ2n) is 7.11. The van der Waals surface area contributed by atoms with Crippen molar-refractivity contribution in [2.24, 2.45) is 5.10 Å². The molecule has 0 fully saturated rings. The molecule has 2 aromatic carbocycles. The average molecular weight is 418 g/mol. The predicted octanol–water partition coefficient (Wildman–Crippen LogP) is 3.34. The van der Waals surface area contributed by atoms with Gasteiger partial charge in [-0.1, -0.05) is 13.8 Å². The van der Waals surface area contributed by atoms with Crippen molar-refractivity contribution in [2.45, 2.75) is 26.7 Å². The van der Waals surface area contributed by atoms with Gasteiger partial charge in [0.25, 0.3) is 11.5 Å². The topological polar surface area (TPSA) is 111 Å². The van der Waals surface area contributed by atoms with Crippen LogP contribution in [0.3, 0.4) is 0 Å². The summed E-state index contributed by atoms with van der Waals surface area (Å²) >= 11 is 0. The zero-order chi connectivity index (χ0) is 22.1. The summed E-state index contributed by atoms with van der Waals surface area (Å²) in [7, 11) is 0. The van der Waals surface area contributed by atoms with Crippen LogP contribution >= 0.6 is 0 Å². The second-order valence-corrected chi connectivity index (χ2v) is 7.11. The van der Waals surface area contributed by atoms with Crippen molar-refractivity contribution >= 4 is 23.4 Å². The highest BCUT2D eigenvalue weighted by Gasteiger charge is 2.31. The minimum atomic E-state index is -0.332. The summed E-state index contributed by atoms with van der Waals surface area (Å²) in [6.45, 7) is 3.81. The van der Waals surface area contributed by atoms with Gasteiger partial charge < -0.3 is 10.2 Å². The quantitative estimate of drug-likeness (QED) is 0.552. The molecule has 0 bridgehead atoms. The van der Waals surface area contributed by atoms with E-state index in [-0.39, 0.29) is 23.0 Å². The molecule has 1 aromatic heterocycles. The summed E-state index contributed by atoms with van der Waals surface area (Å²) in [6, 6.07) is 12.5. The first-order chi connectivity index (χ1) is 14.9. The van der Waals surface area contributed by atoms with E-state index in [1.54, 1.807) is 30.3 Å². The first-order valence-corrected chi connectivity index (χ1v) is 9.99. The minimum absolute atomic E-state index is 0.0977. The van der Waals surface area contributed by atoms with Crippen LogP contribution in [0.2, 0.25) is 0 Å². The zero-order valence-electron chi connectivity index (χ0n) is 17.2. The highest BCUT2D eigenvalue weighted by molar-refractivity contribution is 6.32. The molecule has 0 spiro atoms. The maximum Gasteiger partial charge on any atom is 0.280 e. The number of hydrogen-bond acceptors (Lipinski definition) is 5. The van der Waals surface area contributed by atoms with E-state index in [1.807, 2.05) is 13.8 Å². The summed E-state index contributed by atoms with van der Waals surface area (Å²) in [5, 5.41) is 27.8. The highest BCUT2D eigenvalue weighted by Crippen LogP contribution is 2.27. The van der Waals surface area contributed by atoms with E-state index >= 15 is 0 Å². The number of aromatic amines is 1. The number of amides is 1. The van der Waals surface area contributed by atoms with Crippen molar-refractivity contribution in [3.63, 3.8) is 0 Å². The van der Waals surface area contributed by atoms with Gasteiger partial charge in [-0.2, -0.15) is 10.1 Å². The molecule has 0 radical (unpaired) electrons. The van der Waals surface area contributed by atoms with Gasteiger partial charge in [-0.05, 0) is 67.4 Å². The number of aromatic nitrogens is 2. The molecule has 3 N–H and O–H groups in total. The normalized spacial score (nSPS) is 15.0. The first kappa shape index (κ1) is 20.2. The van der Waals surface area contributed by atoms with E-state index in [0.29, 0.717) is 46.8 Å². The van der Waals surface area contributed by atoms with Gasteiger partial charge in [0.2, 0.25) is 0 Å². The van der Waals surface area contributed by atoms with Crippen molar-refractivity contribution in [1.82, 2.24) is 9.78 Å². The van der Waals surface area contributed by atoms with Gasteiger partial charge in [-0.15, -0.1) is 0 Å². The van der Waals surface area contributed by atoms with E-state index in [1.165, 1.54) is 34.0 Å². The van der Waals surface area contributed by atoms with Crippen LogP contribution in [0, 0.1) is 0 Å². The van der Waals surface area contributed by atoms with E-state index in [9.17, 15) is 19.8 Å². The van der Waals surface area contributed by atoms with Crippen molar-refractivity contribution in [2.75, 3.05) is 5.01 Å². The molecule has 0 aliphatic carbocycles. The summed E-state index contributed by atoms with van der Waals surface area (Å²) in [5.41, 5.74) is 2.85. The third-order valence-electron chi connectivity index (χ3n) is 5.14. The number of rotatable bonds is 5. The molecule has 1 aliphatic heterocycles. The van der Waals surface area contributed by atoms with E-state index in [4.69, 9.17) is 0 Å². The smallest absolute Gasteiger partial charge is 0.280 e. The maximum absolute atomic E-state index is 13.1. The summed E-state index contributed by atoms with van der Waals surface area (Å²) in [4.78, 5) is 26.3. The van der Waals surface area contributed by atoms with Crippen molar-refractivity contribution < 1.29 is 15.0 Å². The number of nitrogens with zero attached hydrogens (tertiary/aromatic N) is 3. The summed E-state index contributed by atoms with van der Waals surface area (Å²) < 4.78 is 1.39. The molecule has 2 heterocycles. The SMILES string of the molecule is CCC1=NN(c2ccc(O)cc2)C(=O)C1=Cc1c(CC)[nH]n(-c2ccc(O)cc2)c1=O. The molecule has 3 aromatic rings. The predicted molar refractivity (Wildman–Crippen MR) is 119 cm³/mol. The van der Waals surface area contributed by atoms with Gasteiger partial charge in [0.05, 0.1) is 28.2 Å². The van der Waals surface area contributed by atoms with Crippen molar-refractivity contribution in [3.05, 3.63) is 75.7 Å². The fourth-order valence-corrected chi connectivity index (χ4v) is 3.47. The molecule has 1 aliphatic rings. The van der Waals surface area contributed by atoms with E-state index < -0.39 is 0 Å². The van der Waals surface area contributed by atoms with Crippen LogP contribution in [0.25, 0.3) is 11.8 Å². The number of carbonyl (C=O) groups excluding carboxylic acids is 1. The summed E-state index contributed by atoms with van der Waals surface area (Å²) in [5.74, 6) is -0.127. The largest absolute Gasteiger partial charge is 0.508 e. The molecule has 0 saturated carbocycles.